The van der Waals surface area contributed by atoms with Crippen molar-refractivity contribution in [2.75, 3.05) is 6.61 Å². The fourth-order valence-corrected chi connectivity index (χ4v) is 1.76. The number of aliphatic hydroxyl groups excluding tert-OH is 1. The normalized spacial score (nSPS) is 12.5. The van der Waals surface area contributed by atoms with E-state index >= 15 is 0 Å². The first-order valence-electron chi connectivity index (χ1n) is 5.79. The quantitative estimate of drug-likeness (QED) is 0.799. The first-order chi connectivity index (χ1) is 8.38. The summed E-state index contributed by atoms with van der Waals surface area (Å²) in [4.78, 5) is 0. The number of nitrogens with one attached hydrogen (secondary N) is 1. The molecule has 1 atom stereocenters. The molecule has 0 aliphatic heterocycles. The van der Waals surface area contributed by atoms with E-state index in [9.17, 15) is 5.11 Å². The number of benzene rings is 1. The largest absolute Gasteiger partial charge is 0.468 e. The van der Waals surface area contributed by atoms with E-state index in [1.54, 1.807) is 6.26 Å². The molecule has 0 spiro atoms. The van der Waals surface area contributed by atoms with Gasteiger partial charge >= 0.3 is 0 Å². The topological polar surface area (TPSA) is 45.4 Å². The molecule has 3 heteroatoms. The van der Waals surface area contributed by atoms with E-state index in [1.807, 2.05) is 30.3 Å². The Kier molecular flexibility index (Phi) is 4.36. The molecule has 0 saturated carbocycles. The lowest BCUT2D eigenvalue weighted by atomic mass is 10.1. The third-order valence-electron chi connectivity index (χ3n) is 2.69. The lowest BCUT2D eigenvalue weighted by molar-refractivity contribution is 0.238. The predicted molar refractivity (Wildman–Crippen MR) is 66.6 cm³/mol. The van der Waals surface area contributed by atoms with Gasteiger partial charge in [0.1, 0.15) is 5.76 Å². The summed E-state index contributed by atoms with van der Waals surface area (Å²) in [6.07, 6.45) is 2.47. The second-order valence-corrected chi connectivity index (χ2v) is 4.03. The van der Waals surface area contributed by atoms with Crippen LogP contribution in [0.5, 0.6) is 0 Å². The highest BCUT2D eigenvalue weighted by atomic mass is 16.3. The van der Waals surface area contributed by atoms with Crippen molar-refractivity contribution in [3.63, 3.8) is 0 Å². The molecule has 0 unspecified atom stereocenters. The van der Waals surface area contributed by atoms with Crippen LogP contribution in [-0.2, 0) is 13.0 Å². The standard InChI is InChI=1S/C14H17NO2/c16-11-13(9-12-5-2-1-3-6-12)15-10-14-7-4-8-17-14/h1-8,13,15-16H,9-11H2/t13-/m1/s1. The average Bonchev–Trinajstić information content (AvgIpc) is 2.89. The highest BCUT2D eigenvalue weighted by molar-refractivity contribution is 5.16. The van der Waals surface area contributed by atoms with Crippen LogP contribution in [0.1, 0.15) is 11.3 Å². The summed E-state index contributed by atoms with van der Waals surface area (Å²) in [7, 11) is 0. The molecule has 0 bridgehead atoms. The molecule has 90 valence electrons. The van der Waals surface area contributed by atoms with Gasteiger partial charge in [-0.15, -0.1) is 0 Å². The summed E-state index contributed by atoms with van der Waals surface area (Å²) < 4.78 is 5.23. The molecule has 2 aromatic rings. The monoisotopic (exact) mass is 231 g/mol. The van der Waals surface area contributed by atoms with Gasteiger partial charge in [-0.1, -0.05) is 30.3 Å². The maximum absolute atomic E-state index is 9.32. The molecule has 0 aliphatic rings. The number of aliphatic hydroxyl groups is 1. The van der Waals surface area contributed by atoms with Crippen molar-refractivity contribution in [3.05, 3.63) is 60.1 Å². The highest BCUT2D eigenvalue weighted by Gasteiger charge is 2.08. The first-order valence-corrected chi connectivity index (χ1v) is 5.79. The first kappa shape index (κ1) is 11.9. The molecule has 1 heterocycles. The molecular formula is C14H17NO2. The fourth-order valence-electron chi connectivity index (χ4n) is 1.76. The van der Waals surface area contributed by atoms with Gasteiger partial charge in [0.05, 0.1) is 19.4 Å². The maximum atomic E-state index is 9.32. The molecule has 1 aromatic heterocycles. The molecular weight excluding hydrogens is 214 g/mol. The molecule has 2 rings (SSSR count). The van der Waals surface area contributed by atoms with Gasteiger partial charge in [0.25, 0.3) is 0 Å². The minimum Gasteiger partial charge on any atom is -0.468 e. The Morgan fingerprint density at radius 3 is 2.59 bits per heavy atom. The van der Waals surface area contributed by atoms with Gasteiger partial charge in [-0.05, 0) is 24.1 Å². The molecule has 3 nitrogen and oxygen atoms in total. The van der Waals surface area contributed by atoms with Crippen LogP contribution in [0.25, 0.3) is 0 Å². The van der Waals surface area contributed by atoms with E-state index in [0.29, 0.717) is 6.54 Å². The van der Waals surface area contributed by atoms with Crippen LogP contribution in [0.3, 0.4) is 0 Å². The number of hydrogen-bond donors (Lipinski definition) is 2. The van der Waals surface area contributed by atoms with Gasteiger partial charge in [-0.2, -0.15) is 0 Å². The molecule has 0 radical (unpaired) electrons. The van der Waals surface area contributed by atoms with Crippen molar-refractivity contribution >= 4 is 0 Å². The van der Waals surface area contributed by atoms with E-state index in [1.165, 1.54) is 5.56 Å². The van der Waals surface area contributed by atoms with Crippen LogP contribution in [0.2, 0.25) is 0 Å². The number of furan rings is 1. The summed E-state index contributed by atoms with van der Waals surface area (Å²) in [5, 5.41) is 12.6. The molecule has 0 saturated heterocycles. The van der Waals surface area contributed by atoms with Gasteiger partial charge in [0.2, 0.25) is 0 Å². The molecule has 0 fully saturated rings. The van der Waals surface area contributed by atoms with Crippen molar-refractivity contribution in [2.45, 2.75) is 19.0 Å². The van der Waals surface area contributed by atoms with Crippen LogP contribution in [0, 0.1) is 0 Å². The van der Waals surface area contributed by atoms with E-state index in [0.717, 1.165) is 12.2 Å². The van der Waals surface area contributed by atoms with Crippen LogP contribution in [0.4, 0.5) is 0 Å². The minimum absolute atomic E-state index is 0.0579. The Morgan fingerprint density at radius 2 is 1.94 bits per heavy atom. The van der Waals surface area contributed by atoms with Crippen molar-refractivity contribution in [3.8, 4) is 0 Å². The third-order valence-corrected chi connectivity index (χ3v) is 2.69. The summed E-state index contributed by atoms with van der Waals surface area (Å²) >= 11 is 0. The van der Waals surface area contributed by atoms with Crippen LogP contribution < -0.4 is 5.32 Å². The Balaban J connectivity index is 1.85. The van der Waals surface area contributed by atoms with Gasteiger partial charge in [0, 0.05) is 6.04 Å². The van der Waals surface area contributed by atoms with Gasteiger partial charge < -0.3 is 14.8 Å². The van der Waals surface area contributed by atoms with E-state index in [2.05, 4.69) is 17.4 Å². The van der Waals surface area contributed by atoms with Crippen molar-refractivity contribution < 1.29 is 9.52 Å². The summed E-state index contributed by atoms with van der Waals surface area (Å²) in [6.45, 7) is 0.765. The van der Waals surface area contributed by atoms with Crippen LogP contribution in [0.15, 0.2) is 53.1 Å². The van der Waals surface area contributed by atoms with Crippen molar-refractivity contribution in [1.82, 2.24) is 5.32 Å². The Morgan fingerprint density at radius 1 is 1.12 bits per heavy atom. The molecule has 1 aromatic carbocycles. The number of hydrogen-bond acceptors (Lipinski definition) is 3. The zero-order valence-corrected chi connectivity index (χ0v) is 9.67. The second-order valence-electron chi connectivity index (χ2n) is 4.03. The Hall–Kier alpha value is -1.58. The van der Waals surface area contributed by atoms with Gasteiger partial charge in [-0.3, -0.25) is 0 Å². The van der Waals surface area contributed by atoms with Gasteiger partial charge in [-0.25, -0.2) is 0 Å². The molecule has 2 N–H and O–H groups in total. The van der Waals surface area contributed by atoms with Crippen molar-refractivity contribution in [1.29, 1.82) is 0 Å². The lowest BCUT2D eigenvalue weighted by Crippen LogP contribution is -2.33. The number of rotatable bonds is 6. The van der Waals surface area contributed by atoms with E-state index in [-0.39, 0.29) is 12.6 Å². The van der Waals surface area contributed by atoms with Crippen LogP contribution >= 0.6 is 0 Å². The Labute approximate surface area is 101 Å². The molecule has 0 aliphatic carbocycles. The minimum atomic E-state index is 0.0579. The average molecular weight is 231 g/mol. The van der Waals surface area contributed by atoms with Gasteiger partial charge in [0.15, 0.2) is 0 Å². The fraction of sp³-hybridized carbons (Fsp3) is 0.286. The van der Waals surface area contributed by atoms with Crippen LogP contribution in [-0.4, -0.2) is 17.8 Å². The smallest absolute Gasteiger partial charge is 0.117 e. The zero-order valence-electron chi connectivity index (χ0n) is 9.67. The van der Waals surface area contributed by atoms with Crippen molar-refractivity contribution in [2.24, 2.45) is 0 Å². The van der Waals surface area contributed by atoms with E-state index in [4.69, 9.17) is 4.42 Å². The zero-order chi connectivity index (χ0) is 11.9. The highest BCUT2D eigenvalue weighted by Crippen LogP contribution is 2.05. The second kappa shape index (κ2) is 6.23. The molecule has 17 heavy (non-hydrogen) atoms. The SMILES string of the molecule is OC[C@@H](Cc1ccccc1)NCc1ccco1. The third kappa shape index (κ3) is 3.73. The summed E-state index contributed by atoms with van der Waals surface area (Å²) in [5.41, 5.74) is 1.22. The Bertz CT molecular complexity index is 411. The van der Waals surface area contributed by atoms with E-state index < -0.39 is 0 Å². The predicted octanol–water partition coefficient (Wildman–Crippen LogP) is 1.97. The summed E-state index contributed by atoms with van der Waals surface area (Å²) in [6, 6.07) is 14.0. The molecule has 0 amide bonds. The summed E-state index contributed by atoms with van der Waals surface area (Å²) in [5.74, 6) is 0.886. The maximum Gasteiger partial charge on any atom is 0.117 e. The lowest BCUT2D eigenvalue weighted by Gasteiger charge is -2.15.